The Labute approximate surface area is 147 Å². The minimum Gasteiger partial charge on any atom is -0.492 e. The van der Waals surface area contributed by atoms with E-state index in [-0.39, 0.29) is 10.8 Å². The molecule has 0 aliphatic carbocycles. The molecule has 1 aliphatic rings. The smallest absolute Gasteiger partial charge is 0.264 e. The van der Waals surface area contributed by atoms with Crippen molar-refractivity contribution in [3.8, 4) is 5.75 Å². The van der Waals surface area contributed by atoms with E-state index in [9.17, 15) is 13.2 Å². The van der Waals surface area contributed by atoms with Crippen molar-refractivity contribution >= 4 is 27.3 Å². The Bertz CT molecular complexity index is 909. The number of nitrogens with one attached hydrogen (secondary N) is 1. The Hall–Kier alpha value is -2.54. The van der Waals surface area contributed by atoms with Gasteiger partial charge >= 0.3 is 0 Å². The first kappa shape index (κ1) is 17.3. The van der Waals surface area contributed by atoms with Gasteiger partial charge in [-0.15, -0.1) is 0 Å². The fraction of sp³-hybridized carbons (Fsp3) is 0.278. The fourth-order valence-electron chi connectivity index (χ4n) is 2.92. The van der Waals surface area contributed by atoms with Crippen LogP contribution in [0.4, 0.5) is 11.4 Å². The van der Waals surface area contributed by atoms with Gasteiger partial charge in [0.1, 0.15) is 5.75 Å². The highest BCUT2D eigenvalue weighted by atomic mass is 32.2. The van der Waals surface area contributed by atoms with Crippen molar-refractivity contribution in [2.45, 2.75) is 25.2 Å². The monoisotopic (exact) mass is 360 g/mol. The molecule has 25 heavy (non-hydrogen) atoms. The normalized spacial score (nSPS) is 13.4. The second-order valence-corrected chi connectivity index (χ2v) is 7.59. The Morgan fingerprint density at radius 1 is 1.24 bits per heavy atom. The zero-order chi connectivity index (χ0) is 18.0. The fourth-order valence-corrected chi connectivity index (χ4v) is 4.45. The van der Waals surface area contributed by atoms with Crippen LogP contribution in [0.15, 0.2) is 47.4 Å². The van der Waals surface area contributed by atoms with Gasteiger partial charge in [0.25, 0.3) is 10.0 Å². The minimum atomic E-state index is -3.72. The highest BCUT2D eigenvalue weighted by Crippen LogP contribution is 2.35. The number of carbonyl (C=O) groups excluding carboxylic acids is 1. The van der Waals surface area contributed by atoms with Crippen molar-refractivity contribution in [2.24, 2.45) is 0 Å². The quantitative estimate of drug-likeness (QED) is 0.890. The molecule has 0 saturated heterocycles. The standard InChI is InChI=1S/C18H20N2O4S/c1-3-24-18-9-8-15(12-16(18)19-13(2)21)25(22,23)20-11-10-14-6-4-5-7-17(14)20/h4-9,12H,3,10-11H2,1-2H3,(H,19,21). The number of sulfonamides is 1. The van der Waals surface area contributed by atoms with Gasteiger partial charge in [0.05, 0.1) is 22.9 Å². The summed E-state index contributed by atoms with van der Waals surface area (Å²) in [5, 5.41) is 2.63. The number of nitrogens with zero attached hydrogens (tertiary/aromatic N) is 1. The second-order valence-electron chi connectivity index (χ2n) is 5.73. The van der Waals surface area contributed by atoms with Gasteiger partial charge in [-0.3, -0.25) is 9.10 Å². The number of amides is 1. The molecule has 0 aromatic heterocycles. The third-order valence-corrected chi connectivity index (χ3v) is 5.80. The summed E-state index contributed by atoms with van der Waals surface area (Å²) in [7, 11) is -3.72. The number of hydrogen-bond donors (Lipinski definition) is 1. The number of fused-ring (bicyclic) bond motifs is 1. The average molecular weight is 360 g/mol. The van der Waals surface area contributed by atoms with E-state index >= 15 is 0 Å². The number of para-hydroxylation sites is 1. The van der Waals surface area contributed by atoms with Gasteiger partial charge in [0.15, 0.2) is 0 Å². The zero-order valence-corrected chi connectivity index (χ0v) is 15.0. The Balaban J connectivity index is 2.02. The van der Waals surface area contributed by atoms with Gasteiger partial charge in [0.2, 0.25) is 5.91 Å². The molecule has 0 unspecified atom stereocenters. The first-order valence-corrected chi connectivity index (χ1v) is 9.52. The third-order valence-electron chi connectivity index (χ3n) is 3.99. The van der Waals surface area contributed by atoms with E-state index in [1.165, 1.54) is 23.4 Å². The van der Waals surface area contributed by atoms with Crippen LogP contribution in [0.2, 0.25) is 0 Å². The summed E-state index contributed by atoms with van der Waals surface area (Å²) in [4.78, 5) is 11.5. The third kappa shape index (κ3) is 3.32. The van der Waals surface area contributed by atoms with Crippen LogP contribution in [0, 0.1) is 0 Å². The van der Waals surface area contributed by atoms with Crippen LogP contribution < -0.4 is 14.4 Å². The van der Waals surface area contributed by atoms with E-state index in [1.807, 2.05) is 31.2 Å². The number of ether oxygens (including phenoxy) is 1. The number of anilines is 2. The molecule has 0 radical (unpaired) electrons. The van der Waals surface area contributed by atoms with E-state index in [1.54, 1.807) is 6.07 Å². The first-order chi connectivity index (χ1) is 11.9. The summed E-state index contributed by atoms with van der Waals surface area (Å²) in [6.45, 7) is 4.01. The van der Waals surface area contributed by atoms with Crippen LogP contribution in [0.5, 0.6) is 5.75 Å². The SMILES string of the molecule is CCOc1ccc(S(=O)(=O)N2CCc3ccccc32)cc1NC(C)=O. The molecule has 6 nitrogen and oxygen atoms in total. The van der Waals surface area contributed by atoms with Crippen molar-refractivity contribution in [3.63, 3.8) is 0 Å². The molecule has 1 heterocycles. The van der Waals surface area contributed by atoms with Gasteiger partial charge in [-0.2, -0.15) is 0 Å². The Kier molecular flexibility index (Phi) is 4.67. The lowest BCUT2D eigenvalue weighted by molar-refractivity contribution is -0.114. The summed E-state index contributed by atoms with van der Waals surface area (Å²) in [6, 6.07) is 12.0. The van der Waals surface area contributed by atoms with Crippen molar-refractivity contribution in [1.29, 1.82) is 0 Å². The predicted molar refractivity (Wildman–Crippen MR) is 96.6 cm³/mol. The number of rotatable bonds is 5. The van der Waals surface area contributed by atoms with Crippen LogP contribution in [-0.2, 0) is 21.2 Å². The molecule has 7 heteroatoms. The van der Waals surface area contributed by atoms with Gasteiger partial charge in [-0.05, 0) is 43.2 Å². The van der Waals surface area contributed by atoms with Crippen LogP contribution in [0.1, 0.15) is 19.4 Å². The molecule has 3 rings (SSSR count). The van der Waals surface area contributed by atoms with E-state index in [0.29, 0.717) is 36.7 Å². The highest BCUT2D eigenvalue weighted by molar-refractivity contribution is 7.92. The van der Waals surface area contributed by atoms with Crippen LogP contribution >= 0.6 is 0 Å². The van der Waals surface area contributed by atoms with Gasteiger partial charge in [0, 0.05) is 13.5 Å². The predicted octanol–water partition coefficient (Wildman–Crippen LogP) is 2.80. The van der Waals surface area contributed by atoms with Crippen LogP contribution in [-0.4, -0.2) is 27.5 Å². The molecule has 2 aromatic carbocycles. The van der Waals surface area contributed by atoms with Crippen molar-refractivity contribution in [2.75, 3.05) is 22.8 Å². The molecule has 1 aliphatic heterocycles. The van der Waals surface area contributed by atoms with Crippen LogP contribution in [0.3, 0.4) is 0 Å². The molecule has 132 valence electrons. The maximum Gasteiger partial charge on any atom is 0.264 e. The van der Waals surface area contributed by atoms with E-state index in [4.69, 9.17) is 4.74 Å². The Morgan fingerprint density at radius 2 is 2.00 bits per heavy atom. The van der Waals surface area contributed by atoms with Crippen LogP contribution in [0.25, 0.3) is 0 Å². The topological polar surface area (TPSA) is 75.7 Å². The molecule has 0 atom stereocenters. The molecular formula is C18H20N2O4S. The van der Waals surface area contributed by atoms with Gasteiger partial charge < -0.3 is 10.1 Å². The maximum atomic E-state index is 13.1. The first-order valence-electron chi connectivity index (χ1n) is 8.08. The van der Waals surface area contributed by atoms with E-state index in [0.717, 1.165) is 5.56 Å². The lowest BCUT2D eigenvalue weighted by Gasteiger charge is -2.20. The number of benzene rings is 2. The number of hydrogen-bond acceptors (Lipinski definition) is 4. The highest BCUT2D eigenvalue weighted by Gasteiger charge is 2.31. The molecule has 2 aromatic rings. The van der Waals surface area contributed by atoms with Crippen molar-refractivity contribution < 1.29 is 17.9 Å². The summed E-state index contributed by atoms with van der Waals surface area (Å²) >= 11 is 0. The van der Waals surface area contributed by atoms with Gasteiger partial charge in [-0.25, -0.2) is 8.42 Å². The van der Waals surface area contributed by atoms with E-state index in [2.05, 4.69) is 5.32 Å². The van der Waals surface area contributed by atoms with Crippen molar-refractivity contribution in [1.82, 2.24) is 0 Å². The largest absolute Gasteiger partial charge is 0.492 e. The summed E-state index contributed by atoms with van der Waals surface area (Å²) in [6.07, 6.45) is 0.686. The summed E-state index contributed by atoms with van der Waals surface area (Å²) in [5.41, 5.74) is 2.07. The summed E-state index contributed by atoms with van der Waals surface area (Å²) in [5.74, 6) is 0.153. The lowest BCUT2D eigenvalue weighted by atomic mass is 10.2. The average Bonchev–Trinajstić information content (AvgIpc) is 3.01. The molecule has 1 N–H and O–H groups in total. The molecule has 1 amide bonds. The van der Waals surface area contributed by atoms with E-state index < -0.39 is 10.0 Å². The minimum absolute atomic E-state index is 0.122. The van der Waals surface area contributed by atoms with Crippen molar-refractivity contribution in [3.05, 3.63) is 48.0 Å². The van der Waals surface area contributed by atoms with Gasteiger partial charge in [-0.1, -0.05) is 18.2 Å². The summed E-state index contributed by atoms with van der Waals surface area (Å²) < 4.78 is 33.0. The molecule has 0 fully saturated rings. The maximum absolute atomic E-state index is 13.1. The molecule has 0 bridgehead atoms. The number of carbonyl (C=O) groups is 1. The molecule has 0 saturated carbocycles. The molecule has 0 spiro atoms. The molecular weight excluding hydrogens is 340 g/mol. The Morgan fingerprint density at radius 3 is 2.72 bits per heavy atom. The lowest BCUT2D eigenvalue weighted by Crippen LogP contribution is -2.29. The zero-order valence-electron chi connectivity index (χ0n) is 14.2. The second kappa shape index (κ2) is 6.76.